The zero-order chi connectivity index (χ0) is 11.9. The van der Waals surface area contributed by atoms with E-state index in [1.54, 1.807) is 0 Å². The maximum Gasteiger partial charge on any atom is 0.312 e. The normalized spacial score (nSPS) is 40.3. The lowest BCUT2D eigenvalue weighted by Gasteiger charge is -2.28. The van der Waals surface area contributed by atoms with Crippen LogP contribution in [-0.2, 0) is 4.74 Å². The van der Waals surface area contributed by atoms with E-state index in [9.17, 15) is 20.2 Å². The van der Waals surface area contributed by atoms with E-state index in [1.807, 2.05) is 0 Å². The molecular formula is C8H14N2O5. The second-order valence-corrected chi connectivity index (χ2v) is 4.20. The van der Waals surface area contributed by atoms with Gasteiger partial charge in [0.25, 0.3) is 5.54 Å². The van der Waals surface area contributed by atoms with Crippen LogP contribution >= 0.6 is 0 Å². The van der Waals surface area contributed by atoms with Gasteiger partial charge in [0.15, 0.2) is 0 Å². The average Bonchev–Trinajstić information content (AvgIpc) is 2.42. The molecule has 0 aromatic heterocycles. The minimum absolute atomic E-state index is 0.163. The van der Waals surface area contributed by atoms with Crippen LogP contribution in [0.25, 0.3) is 0 Å². The summed E-state index contributed by atoms with van der Waals surface area (Å²) in [6, 6.07) is 0. The van der Waals surface area contributed by atoms with E-state index in [1.165, 1.54) is 21.0 Å². The molecule has 7 nitrogen and oxygen atoms in total. The van der Waals surface area contributed by atoms with Crippen molar-refractivity contribution in [1.29, 1.82) is 0 Å². The van der Waals surface area contributed by atoms with Gasteiger partial charge in [0.1, 0.15) is 6.10 Å². The van der Waals surface area contributed by atoms with Crippen LogP contribution in [0.15, 0.2) is 0 Å². The first-order valence-corrected chi connectivity index (χ1v) is 4.62. The van der Waals surface area contributed by atoms with Crippen LogP contribution in [0.1, 0.15) is 26.7 Å². The summed E-state index contributed by atoms with van der Waals surface area (Å²) in [4.78, 5) is 20.8. The van der Waals surface area contributed by atoms with Crippen LogP contribution in [-0.4, -0.2) is 34.1 Å². The quantitative estimate of drug-likeness (QED) is 0.517. The summed E-state index contributed by atoms with van der Waals surface area (Å²) in [6.45, 7) is 2.60. The molecule has 1 saturated carbocycles. The van der Waals surface area contributed by atoms with Crippen molar-refractivity contribution in [3.05, 3.63) is 20.2 Å². The van der Waals surface area contributed by atoms with Crippen LogP contribution in [0.4, 0.5) is 0 Å². The molecule has 0 saturated heterocycles. The summed E-state index contributed by atoms with van der Waals surface area (Å²) in [5.41, 5.74) is -3.22. The first-order chi connectivity index (χ1) is 6.80. The predicted octanol–water partition coefficient (Wildman–Crippen LogP) is 0.866. The van der Waals surface area contributed by atoms with Gasteiger partial charge in [0.05, 0.1) is 0 Å². The van der Waals surface area contributed by atoms with Crippen molar-refractivity contribution < 1.29 is 14.6 Å². The fourth-order valence-electron chi connectivity index (χ4n) is 2.23. The number of nitrogens with zero attached hydrogens (tertiary/aromatic N) is 2. The first kappa shape index (κ1) is 11.8. The fraction of sp³-hybridized carbons (Fsp3) is 1.00. The Balaban J connectivity index is 3.23. The Morgan fingerprint density at radius 1 is 1.27 bits per heavy atom. The van der Waals surface area contributed by atoms with Crippen LogP contribution < -0.4 is 0 Å². The molecular weight excluding hydrogens is 204 g/mol. The van der Waals surface area contributed by atoms with Crippen LogP contribution in [0.3, 0.4) is 0 Å². The standard InChI is InChI=1S/C8H14N2O5/c1-7(9(11)12)5-4-6(15-3)8(7,2)10(13)14/h6H,4-5H2,1-3H3. The van der Waals surface area contributed by atoms with Gasteiger partial charge in [0.2, 0.25) is 0 Å². The lowest BCUT2D eigenvalue weighted by Crippen LogP contribution is -2.61. The summed E-state index contributed by atoms with van der Waals surface area (Å²) in [5.74, 6) is 0. The molecule has 3 unspecified atom stereocenters. The molecule has 7 heteroatoms. The number of nitro groups is 2. The van der Waals surface area contributed by atoms with E-state index < -0.39 is 27.0 Å². The lowest BCUT2D eigenvalue weighted by atomic mass is 9.82. The van der Waals surface area contributed by atoms with Gasteiger partial charge >= 0.3 is 5.54 Å². The van der Waals surface area contributed by atoms with Gasteiger partial charge in [-0.1, -0.05) is 0 Å². The summed E-state index contributed by atoms with van der Waals surface area (Å²) in [6.07, 6.45) is -0.204. The Kier molecular flexibility index (Phi) is 2.69. The van der Waals surface area contributed by atoms with E-state index in [0.29, 0.717) is 6.42 Å². The largest absolute Gasteiger partial charge is 0.374 e. The zero-order valence-corrected chi connectivity index (χ0v) is 8.93. The average molecular weight is 218 g/mol. The third-order valence-corrected chi connectivity index (χ3v) is 3.68. The molecule has 0 amide bonds. The maximum absolute atomic E-state index is 11.0. The summed E-state index contributed by atoms with van der Waals surface area (Å²) in [7, 11) is 1.35. The molecule has 3 atom stereocenters. The van der Waals surface area contributed by atoms with Crippen molar-refractivity contribution in [2.75, 3.05) is 7.11 Å². The molecule has 0 N–H and O–H groups in total. The van der Waals surface area contributed by atoms with E-state index in [4.69, 9.17) is 4.74 Å². The van der Waals surface area contributed by atoms with Gasteiger partial charge in [0, 0.05) is 37.2 Å². The highest BCUT2D eigenvalue weighted by molar-refractivity contribution is 5.06. The number of rotatable bonds is 3. The molecule has 0 spiro atoms. The second kappa shape index (κ2) is 3.41. The number of ether oxygens (including phenoxy) is 1. The van der Waals surface area contributed by atoms with Gasteiger partial charge in [-0.05, 0) is 6.42 Å². The SMILES string of the molecule is COC1CCC(C)([N+](=O)[O-])C1(C)[N+](=O)[O-]. The maximum atomic E-state index is 11.0. The van der Waals surface area contributed by atoms with Crippen LogP contribution in [0.5, 0.6) is 0 Å². The van der Waals surface area contributed by atoms with Gasteiger partial charge < -0.3 is 4.74 Å². The summed E-state index contributed by atoms with van der Waals surface area (Å²) >= 11 is 0. The van der Waals surface area contributed by atoms with Crippen molar-refractivity contribution in [2.45, 2.75) is 43.9 Å². The number of methoxy groups -OCH3 is 1. The van der Waals surface area contributed by atoms with Crippen LogP contribution in [0, 0.1) is 20.2 Å². The van der Waals surface area contributed by atoms with Gasteiger partial charge in [-0.2, -0.15) is 0 Å². The van der Waals surface area contributed by atoms with Gasteiger partial charge in [-0.25, -0.2) is 0 Å². The summed E-state index contributed by atoms with van der Waals surface area (Å²) < 4.78 is 4.99. The van der Waals surface area contributed by atoms with Gasteiger partial charge in [-0.15, -0.1) is 0 Å². The Hall–Kier alpha value is -1.24. The van der Waals surface area contributed by atoms with Crippen molar-refractivity contribution in [1.82, 2.24) is 0 Å². The van der Waals surface area contributed by atoms with Gasteiger partial charge in [-0.3, -0.25) is 20.2 Å². The second-order valence-electron chi connectivity index (χ2n) is 4.20. The minimum Gasteiger partial charge on any atom is -0.374 e. The van der Waals surface area contributed by atoms with E-state index in [0.717, 1.165) is 0 Å². The molecule has 0 bridgehead atoms. The smallest absolute Gasteiger partial charge is 0.312 e. The highest BCUT2D eigenvalue weighted by Crippen LogP contribution is 2.44. The predicted molar refractivity (Wildman–Crippen MR) is 50.8 cm³/mol. The van der Waals surface area contributed by atoms with Crippen molar-refractivity contribution in [3.63, 3.8) is 0 Å². The number of hydrogen-bond donors (Lipinski definition) is 0. The van der Waals surface area contributed by atoms with E-state index in [2.05, 4.69) is 0 Å². The molecule has 15 heavy (non-hydrogen) atoms. The molecule has 0 aliphatic heterocycles. The fourth-order valence-corrected chi connectivity index (χ4v) is 2.23. The molecule has 0 aromatic rings. The van der Waals surface area contributed by atoms with E-state index in [-0.39, 0.29) is 6.42 Å². The van der Waals surface area contributed by atoms with Crippen molar-refractivity contribution >= 4 is 0 Å². The van der Waals surface area contributed by atoms with Crippen molar-refractivity contribution in [3.8, 4) is 0 Å². The monoisotopic (exact) mass is 218 g/mol. The zero-order valence-electron chi connectivity index (χ0n) is 8.93. The van der Waals surface area contributed by atoms with Crippen molar-refractivity contribution in [2.24, 2.45) is 0 Å². The third kappa shape index (κ3) is 1.30. The Morgan fingerprint density at radius 3 is 2.13 bits per heavy atom. The highest BCUT2D eigenvalue weighted by atomic mass is 16.7. The molecule has 86 valence electrons. The molecule has 1 rings (SSSR count). The Morgan fingerprint density at radius 2 is 1.80 bits per heavy atom. The number of hydrogen-bond acceptors (Lipinski definition) is 5. The van der Waals surface area contributed by atoms with Crippen LogP contribution in [0.2, 0.25) is 0 Å². The Bertz CT molecular complexity index is 307. The topological polar surface area (TPSA) is 95.5 Å². The Labute approximate surface area is 86.7 Å². The molecule has 1 aliphatic rings. The summed E-state index contributed by atoms with van der Waals surface area (Å²) in [5, 5.41) is 22.0. The minimum atomic E-state index is -1.66. The molecule has 0 heterocycles. The molecule has 0 aromatic carbocycles. The first-order valence-electron chi connectivity index (χ1n) is 4.62. The molecule has 0 radical (unpaired) electrons. The lowest BCUT2D eigenvalue weighted by molar-refractivity contribution is -0.679. The van der Waals surface area contributed by atoms with E-state index >= 15 is 0 Å². The highest BCUT2D eigenvalue weighted by Gasteiger charge is 2.73. The molecule has 1 aliphatic carbocycles. The third-order valence-electron chi connectivity index (χ3n) is 3.68. The molecule has 1 fully saturated rings.